The molecule has 3 aromatic rings. The first-order valence-electron chi connectivity index (χ1n) is 12.9. The topological polar surface area (TPSA) is 114 Å². The van der Waals surface area contributed by atoms with Gasteiger partial charge in [0.15, 0.2) is 0 Å². The number of hydrogen-bond donors (Lipinski definition) is 2. The number of carbonyl (C=O) groups is 2. The fourth-order valence-electron chi connectivity index (χ4n) is 6.00. The standard InChI is InChI=1S/C28H32ClN3O6/c1-15-7-8-21-22(31(15)28(36)38-3)9-10-23-24(21)30-26(25(33)17-11-18(29)14-20(13-17)37-2)32(23)19-6-4-5-16(12-19)27(34)35/h9-11,13-16,19,25,33H,4-8,12H2,1-3H3,(H,34,35)/t15-,16?,19?,25?/m0/s1. The normalized spacial score (nSPS) is 22.1. The molecular weight excluding hydrogens is 510 g/mol. The van der Waals surface area contributed by atoms with E-state index in [0.29, 0.717) is 46.9 Å². The van der Waals surface area contributed by atoms with Crippen molar-refractivity contribution in [3.05, 3.63) is 52.3 Å². The van der Waals surface area contributed by atoms with Crippen LogP contribution in [0.25, 0.3) is 11.0 Å². The van der Waals surface area contributed by atoms with Crippen LogP contribution in [0.1, 0.15) is 68.1 Å². The fourth-order valence-corrected chi connectivity index (χ4v) is 6.23. The first-order chi connectivity index (χ1) is 18.2. The molecule has 2 heterocycles. The Morgan fingerprint density at radius 3 is 2.66 bits per heavy atom. The molecule has 5 rings (SSSR count). The van der Waals surface area contributed by atoms with Crippen molar-refractivity contribution in [1.82, 2.24) is 9.55 Å². The zero-order valence-corrected chi connectivity index (χ0v) is 22.4. The van der Waals surface area contributed by atoms with Gasteiger partial charge in [-0.15, -0.1) is 0 Å². The van der Waals surface area contributed by atoms with E-state index in [0.717, 1.165) is 36.0 Å². The van der Waals surface area contributed by atoms with Crippen LogP contribution in [0.2, 0.25) is 5.02 Å². The Labute approximate surface area is 225 Å². The van der Waals surface area contributed by atoms with Crippen LogP contribution in [0.15, 0.2) is 30.3 Å². The summed E-state index contributed by atoms with van der Waals surface area (Å²) in [4.78, 5) is 31.1. The number of aromatic nitrogens is 2. The van der Waals surface area contributed by atoms with Gasteiger partial charge in [-0.25, -0.2) is 9.78 Å². The summed E-state index contributed by atoms with van der Waals surface area (Å²) in [6, 6.07) is 8.68. The van der Waals surface area contributed by atoms with Crippen molar-refractivity contribution in [1.29, 1.82) is 0 Å². The highest BCUT2D eigenvalue weighted by molar-refractivity contribution is 6.30. The smallest absolute Gasteiger partial charge is 0.414 e. The van der Waals surface area contributed by atoms with Gasteiger partial charge < -0.3 is 24.3 Å². The van der Waals surface area contributed by atoms with Crippen LogP contribution < -0.4 is 9.64 Å². The van der Waals surface area contributed by atoms with Crippen molar-refractivity contribution >= 4 is 40.4 Å². The van der Waals surface area contributed by atoms with E-state index < -0.39 is 24.1 Å². The Bertz CT molecular complexity index is 1390. The molecule has 1 aliphatic carbocycles. The summed E-state index contributed by atoms with van der Waals surface area (Å²) in [5.74, 6) is -0.341. The molecule has 0 spiro atoms. The van der Waals surface area contributed by atoms with Gasteiger partial charge in [0.05, 0.1) is 36.9 Å². The largest absolute Gasteiger partial charge is 0.497 e. The highest BCUT2D eigenvalue weighted by Gasteiger charge is 2.35. The lowest BCUT2D eigenvalue weighted by atomic mass is 9.85. The van der Waals surface area contributed by atoms with E-state index in [2.05, 4.69) is 0 Å². The molecule has 0 radical (unpaired) electrons. The van der Waals surface area contributed by atoms with Crippen LogP contribution in [0, 0.1) is 5.92 Å². The van der Waals surface area contributed by atoms with Gasteiger partial charge in [-0.1, -0.05) is 18.0 Å². The van der Waals surface area contributed by atoms with Crippen molar-refractivity contribution in [2.24, 2.45) is 5.92 Å². The van der Waals surface area contributed by atoms with Crippen LogP contribution in [0.4, 0.5) is 10.5 Å². The van der Waals surface area contributed by atoms with E-state index >= 15 is 0 Å². The number of halogens is 1. The summed E-state index contributed by atoms with van der Waals surface area (Å²) < 4.78 is 12.4. The second-order valence-corrected chi connectivity index (χ2v) is 10.6. The summed E-state index contributed by atoms with van der Waals surface area (Å²) >= 11 is 6.32. The number of methoxy groups -OCH3 is 2. The molecule has 3 unspecified atom stereocenters. The summed E-state index contributed by atoms with van der Waals surface area (Å²) in [6.07, 6.45) is 2.50. The lowest BCUT2D eigenvalue weighted by Crippen LogP contribution is -2.42. The molecule has 0 bridgehead atoms. The minimum atomic E-state index is -1.13. The van der Waals surface area contributed by atoms with Crippen LogP contribution in [-0.4, -0.2) is 52.1 Å². The van der Waals surface area contributed by atoms with Gasteiger partial charge >= 0.3 is 12.1 Å². The maximum Gasteiger partial charge on any atom is 0.414 e. The van der Waals surface area contributed by atoms with Crippen molar-refractivity contribution < 1.29 is 29.3 Å². The Morgan fingerprint density at radius 1 is 1.16 bits per heavy atom. The summed E-state index contributed by atoms with van der Waals surface area (Å²) in [5.41, 5.74) is 3.68. The van der Waals surface area contributed by atoms with Gasteiger partial charge in [-0.2, -0.15) is 0 Å². The number of carbonyl (C=O) groups excluding carboxylic acids is 1. The molecule has 9 nitrogen and oxygen atoms in total. The number of carboxylic acids is 1. The number of aliphatic hydroxyl groups is 1. The Balaban J connectivity index is 1.70. The van der Waals surface area contributed by atoms with Crippen LogP contribution in [0.3, 0.4) is 0 Å². The molecule has 10 heteroatoms. The van der Waals surface area contributed by atoms with Crippen molar-refractivity contribution in [2.75, 3.05) is 19.1 Å². The average Bonchev–Trinajstić information content (AvgIpc) is 3.31. The number of aliphatic carboxylic acids is 1. The second-order valence-electron chi connectivity index (χ2n) is 10.2. The van der Waals surface area contributed by atoms with E-state index in [9.17, 15) is 19.8 Å². The molecule has 1 aliphatic heterocycles. The molecule has 0 saturated heterocycles. The van der Waals surface area contributed by atoms with Crippen LogP contribution in [0.5, 0.6) is 5.75 Å². The zero-order chi connectivity index (χ0) is 27.1. The molecule has 2 aliphatic rings. The molecule has 2 aromatic carbocycles. The van der Waals surface area contributed by atoms with E-state index in [1.807, 2.05) is 23.6 Å². The van der Waals surface area contributed by atoms with Crippen LogP contribution >= 0.6 is 11.6 Å². The number of nitrogens with zero attached hydrogens (tertiary/aromatic N) is 3. The quantitative estimate of drug-likeness (QED) is 0.438. The first-order valence-corrected chi connectivity index (χ1v) is 13.3. The number of fused-ring (bicyclic) bond motifs is 3. The summed E-state index contributed by atoms with van der Waals surface area (Å²) in [5, 5.41) is 21.8. The van der Waals surface area contributed by atoms with Crippen molar-refractivity contribution in [3.8, 4) is 5.75 Å². The number of aliphatic hydroxyl groups excluding tert-OH is 1. The highest BCUT2D eigenvalue weighted by atomic mass is 35.5. The number of aryl methyl sites for hydroxylation is 1. The van der Waals surface area contributed by atoms with E-state index in [-0.39, 0.29) is 12.1 Å². The maximum absolute atomic E-state index is 12.6. The lowest BCUT2D eigenvalue weighted by molar-refractivity contribution is -0.143. The van der Waals surface area contributed by atoms with Crippen molar-refractivity contribution in [3.63, 3.8) is 0 Å². The molecule has 2 N–H and O–H groups in total. The SMILES string of the molecule is COC(=O)N1c2ccc3c(nc(C(O)c4cc(Cl)cc(OC)c4)n3C3CCCC(C(=O)O)C3)c2CC[C@@H]1C. The third-order valence-electron chi connectivity index (χ3n) is 7.90. The Hall–Kier alpha value is -3.30. The lowest BCUT2D eigenvalue weighted by Gasteiger charge is -2.34. The molecule has 4 atom stereocenters. The van der Waals surface area contributed by atoms with Gasteiger partial charge in [0, 0.05) is 22.7 Å². The zero-order valence-electron chi connectivity index (χ0n) is 21.7. The predicted octanol–water partition coefficient (Wildman–Crippen LogP) is 5.50. The number of carboxylic acid groups (broad SMARTS) is 1. The fraction of sp³-hybridized carbons (Fsp3) is 0.464. The number of hydrogen-bond acceptors (Lipinski definition) is 6. The highest BCUT2D eigenvalue weighted by Crippen LogP contribution is 2.42. The molecule has 202 valence electrons. The molecule has 1 amide bonds. The number of ether oxygens (including phenoxy) is 2. The minimum absolute atomic E-state index is 0.0341. The Morgan fingerprint density at radius 2 is 1.95 bits per heavy atom. The van der Waals surface area contributed by atoms with Crippen molar-refractivity contribution in [2.45, 2.75) is 63.6 Å². The average molecular weight is 542 g/mol. The van der Waals surface area contributed by atoms with Crippen LogP contribution in [-0.2, 0) is 16.0 Å². The monoisotopic (exact) mass is 541 g/mol. The third kappa shape index (κ3) is 4.58. The van der Waals surface area contributed by atoms with E-state index in [1.165, 1.54) is 14.2 Å². The molecule has 1 saturated carbocycles. The number of amides is 1. The second kappa shape index (κ2) is 10.5. The molecule has 38 heavy (non-hydrogen) atoms. The van der Waals surface area contributed by atoms with Gasteiger partial charge in [0.2, 0.25) is 0 Å². The number of anilines is 1. The predicted molar refractivity (Wildman–Crippen MR) is 143 cm³/mol. The number of benzene rings is 2. The maximum atomic E-state index is 12.6. The number of rotatable bonds is 5. The van der Waals surface area contributed by atoms with Gasteiger partial charge in [0.1, 0.15) is 17.7 Å². The van der Waals surface area contributed by atoms with Gasteiger partial charge in [0.25, 0.3) is 0 Å². The Kier molecular flexibility index (Phi) is 7.24. The van der Waals surface area contributed by atoms with E-state index in [1.54, 1.807) is 23.1 Å². The van der Waals surface area contributed by atoms with E-state index in [4.69, 9.17) is 26.1 Å². The molecular formula is C28H32ClN3O6. The summed E-state index contributed by atoms with van der Waals surface area (Å²) in [6.45, 7) is 1.98. The third-order valence-corrected chi connectivity index (χ3v) is 8.12. The molecule has 1 fully saturated rings. The number of imidazole rings is 1. The molecule has 1 aromatic heterocycles. The first kappa shape index (κ1) is 26.3. The van der Waals surface area contributed by atoms with Gasteiger partial charge in [-0.3, -0.25) is 9.69 Å². The van der Waals surface area contributed by atoms with Gasteiger partial charge in [-0.05, 0) is 74.9 Å². The summed E-state index contributed by atoms with van der Waals surface area (Å²) in [7, 11) is 2.90. The minimum Gasteiger partial charge on any atom is -0.497 e.